The van der Waals surface area contributed by atoms with Crippen molar-refractivity contribution in [1.82, 2.24) is 4.90 Å². The van der Waals surface area contributed by atoms with Gasteiger partial charge in [-0.15, -0.1) is 0 Å². The molecule has 0 aliphatic carbocycles. The van der Waals surface area contributed by atoms with Crippen molar-refractivity contribution < 1.29 is 19.1 Å². The molecule has 5 heteroatoms. The molecule has 4 atom stereocenters. The lowest BCUT2D eigenvalue weighted by molar-refractivity contribution is -0.159. The first kappa shape index (κ1) is 17.9. The highest BCUT2D eigenvalue weighted by atomic mass is 16.6. The number of carbonyl (C=O) groups is 2. The van der Waals surface area contributed by atoms with Crippen molar-refractivity contribution in [1.29, 1.82) is 0 Å². The minimum Gasteiger partial charge on any atom is -0.465 e. The molecule has 2 aliphatic rings. The zero-order valence-corrected chi connectivity index (χ0v) is 15.0. The molecule has 2 aliphatic heterocycles. The van der Waals surface area contributed by atoms with Gasteiger partial charge in [0, 0.05) is 19.0 Å². The van der Waals surface area contributed by atoms with E-state index in [9.17, 15) is 9.59 Å². The molecule has 2 bridgehead atoms. The third-order valence-electron chi connectivity index (χ3n) is 5.52. The molecule has 1 aromatic carbocycles. The van der Waals surface area contributed by atoms with Crippen LogP contribution in [0.15, 0.2) is 30.3 Å². The molecule has 3 rings (SSSR count). The predicted octanol–water partition coefficient (Wildman–Crippen LogP) is 2.89. The lowest BCUT2D eigenvalue weighted by Gasteiger charge is -2.46. The summed E-state index contributed by atoms with van der Waals surface area (Å²) in [6.07, 6.45) is 5.37. The van der Waals surface area contributed by atoms with E-state index >= 15 is 0 Å². The number of nitrogens with zero attached hydrogens (tertiary/aromatic N) is 1. The summed E-state index contributed by atoms with van der Waals surface area (Å²) in [5.74, 6) is -1.24. The fraction of sp³-hybridized carbons (Fsp3) is 0.600. The van der Waals surface area contributed by atoms with Gasteiger partial charge < -0.3 is 14.4 Å². The van der Waals surface area contributed by atoms with E-state index in [4.69, 9.17) is 9.47 Å². The molecule has 136 valence electrons. The number of hydrogen-bond acceptors (Lipinski definition) is 5. The average Bonchev–Trinajstić information content (AvgIpc) is 2.57. The molecule has 0 amide bonds. The van der Waals surface area contributed by atoms with Gasteiger partial charge in [-0.1, -0.05) is 36.8 Å². The van der Waals surface area contributed by atoms with Gasteiger partial charge in [-0.25, -0.2) is 0 Å². The van der Waals surface area contributed by atoms with E-state index in [0.29, 0.717) is 12.1 Å². The molecular weight excluding hydrogens is 318 g/mol. The Kier molecular flexibility index (Phi) is 5.74. The summed E-state index contributed by atoms with van der Waals surface area (Å²) >= 11 is 0. The zero-order valence-electron chi connectivity index (χ0n) is 15.0. The van der Waals surface area contributed by atoms with Crippen molar-refractivity contribution in [3.05, 3.63) is 35.9 Å². The molecule has 0 N–H and O–H groups in total. The number of hydrogen-bond donors (Lipinski definition) is 0. The number of fused-ring (bicyclic) bond motifs is 2. The highest BCUT2D eigenvalue weighted by Crippen LogP contribution is 2.34. The Morgan fingerprint density at radius 2 is 1.80 bits per heavy atom. The summed E-state index contributed by atoms with van der Waals surface area (Å²) in [6.45, 7) is 1.38. The fourth-order valence-electron chi connectivity index (χ4n) is 4.09. The molecule has 0 spiro atoms. The second-order valence-corrected chi connectivity index (χ2v) is 7.20. The van der Waals surface area contributed by atoms with Crippen LogP contribution in [0.25, 0.3) is 0 Å². The summed E-state index contributed by atoms with van der Waals surface area (Å²) < 4.78 is 11.0. The minimum atomic E-state index is -0.565. The molecule has 2 saturated heterocycles. The third-order valence-corrected chi connectivity index (χ3v) is 5.52. The van der Waals surface area contributed by atoms with Crippen LogP contribution in [0.3, 0.4) is 0 Å². The van der Waals surface area contributed by atoms with Crippen LogP contribution in [0, 0.1) is 0 Å². The summed E-state index contributed by atoms with van der Waals surface area (Å²) in [7, 11) is 2.18. The maximum Gasteiger partial charge on any atom is 0.317 e. The first-order valence-electron chi connectivity index (χ1n) is 9.15. The number of rotatable bonds is 5. The SMILES string of the molecule is CC(=O)OC[C@H](C(=O)OC1C[C@H]2CCC[C@@H](C1)N2C)c1ccccc1. The Hall–Kier alpha value is -1.88. The monoisotopic (exact) mass is 345 g/mol. The second-order valence-electron chi connectivity index (χ2n) is 7.20. The topological polar surface area (TPSA) is 55.8 Å². The van der Waals surface area contributed by atoms with Crippen LogP contribution < -0.4 is 0 Å². The molecule has 5 nitrogen and oxygen atoms in total. The number of esters is 2. The van der Waals surface area contributed by atoms with Crippen LogP contribution in [0.5, 0.6) is 0 Å². The lowest BCUT2D eigenvalue weighted by Crippen LogP contribution is -2.52. The largest absolute Gasteiger partial charge is 0.465 e. The summed E-state index contributed by atoms with van der Waals surface area (Å²) in [6, 6.07) is 10.4. The van der Waals surface area contributed by atoms with E-state index in [2.05, 4.69) is 11.9 Å². The van der Waals surface area contributed by atoms with Crippen LogP contribution in [0.2, 0.25) is 0 Å². The molecule has 2 fully saturated rings. The molecule has 0 saturated carbocycles. The van der Waals surface area contributed by atoms with E-state index in [-0.39, 0.29) is 24.6 Å². The van der Waals surface area contributed by atoms with Gasteiger partial charge in [0.2, 0.25) is 0 Å². The Morgan fingerprint density at radius 1 is 1.16 bits per heavy atom. The van der Waals surface area contributed by atoms with Crippen molar-refractivity contribution >= 4 is 11.9 Å². The zero-order chi connectivity index (χ0) is 17.8. The number of ether oxygens (including phenoxy) is 2. The van der Waals surface area contributed by atoms with E-state index in [0.717, 1.165) is 18.4 Å². The van der Waals surface area contributed by atoms with Crippen LogP contribution in [-0.4, -0.2) is 48.7 Å². The standard InChI is InChI=1S/C20H27NO4/c1-14(22)24-13-19(15-7-4-3-5-8-15)20(23)25-18-11-16-9-6-10-17(12-18)21(16)2/h3-5,7-8,16-19H,6,9-13H2,1-2H3/t16-,17+,18?,19-/m0/s1. The highest BCUT2D eigenvalue weighted by molar-refractivity contribution is 5.79. The number of piperidine rings is 2. The van der Waals surface area contributed by atoms with E-state index in [1.54, 1.807) is 0 Å². The van der Waals surface area contributed by atoms with Gasteiger partial charge in [-0.3, -0.25) is 9.59 Å². The Morgan fingerprint density at radius 3 is 2.40 bits per heavy atom. The average molecular weight is 345 g/mol. The van der Waals surface area contributed by atoms with Gasteiger partial charge in [0.25, 0.3) is 0 Å². The Balaban J connectivity index is 1.67. The second kappa shape index (κ2) is 8.00. The summed E-state index contributed by atoms with van der Waals surface area (Å²) in [4.78, 5) is 26.4. The normalized spacial score (nSPS) is 27.4. The van der Waals surface area contributed by atoms with Crippen molar-refractivity contribution in [2.75, 3.05) is 13.7 Å². The van der Waals surface area contributed by atoms with Crippen LogP contribution in [0.4, 0.5) is 0 Å². The quantitative estimate of drug-likeness (QED) is 0.768. The van der Waals surface area contributed by atoms with E-state index in [1.807, 2.05) is 30.3 Å². The molecule has 2 heterocycles. The van der Waals surface area contributed by atoms with E-state index < -0.39 is 5.92 Å². The molecule has 1 aromatic rings. The van der Waals surface area contributed by atoms with Crippen molar-refractivity contribution in [2.24, 2.45) is 0 Å². The molecule has 0 radical (unpaired) electrons. The van der Waals surface area contributed by atoms with Gasteiger partial charge in [-0.05, 0) is 38.3 Å². The lowest BCUT2D eigenvalue weighted by atomic mass is 9.83. The van der Waals surface area contributed by atoms with Crippen molar-refractivity contribution in [2.45, 2.75) is 63.1 Å². The Bertz CT molecular complexity index is 589. The molecule has 0 aromatic heterocycles. The fourth-order valence-corrected chi connectivity index (χ4v) is 4.09. The maximum atomic E-state index is 12.8. The third kappa shape index (κ3) is 4.40. The van der Waals surface area contributed by atoms with E-state index in [1.165, 1.54) is 26.2 Å². The van der Waals surface area contributed by atoms with Gasteiger partial charge >= 0.3 is 11.9 Å². The maximum absolute atomic E-state index is 12.8. The van der Waals surface area contributed by atoms with Gasteiger partial charge in [0.1, 0.15) is 18.6 Å². The first-order valence-corrected chi connectivity index (χ1v) is 9.15. The van der Waals surface area contributed by atoms with Crippen molar-refractivity contribution in [3.8, 4) is 0 Å². The van der Waals surface area contributed by atoms with Gasteiger partial charge in [0.15, 0.2) is 0 Å². The smallest absolute Gasteiger partial charge is 0.317 e. The van der Waals surface area contributed by atoms with Crippen LogP contribution in [-0.2, 0) is 19.1 Å². The first-order chi connectivity index (χ1) is 12.0. The minimum absolute atomic E-state index is 0.0255. The van der Waals surface area contributed by atoms with Gasteiger partial charge in [0.05, 0.1) is 0 Å². The van der Waals surface area contributed by atoms with Gasteiger partial charge in [-0.2, -0.15) is 0 Å². The molecule has 1 unspecified atom stereocenters. The summed E-state index contributed by atoms with van der Waals surface area (Å²) in [5, 5.41) is 0. The summed E-state index contributed by atoms with van der Waals surface area (Å²) in [5.41, 5.74) is 0.821. The van der Waals surface area contributed by atoms with Crippen LogP contribution in [0.1, 0.15) is 50.5 Å². The Labute approximate surface area is 149 Å². The van der Waals surface area contributed by atoms with Crippen molar-refractivity contribution in [3.63, 3.8) is 0 Å². The number of carbonyl (C=O) groups excluding carboxylic acids is 2. The molecular formula is C20H27NO4. The van der Waals surface area contributed by atoms with Crippen LogP contribution >= 0.6 is 0 Å². The molecule has 25 heavy (non-hydrogen) atoms. The number of benzene rings is 1. The highest BCUT2D eigenvalue weighted by Gasteiger charge is 2.38. The predicted molar refractivity (Wildman–Crippen MR) is 94.1 cm³/mol.